The molecule has 2 aromatic rings. The number of ether oxygens (including phenoxy) is 1. The molecule has 2 rings (SSSR count). The maximum Gasteiger partial charge on any atom is 0.307 e. The van der Waals surface area contributed by atoms with Crippen LogP contribution in [0.3, 0.4) is 0 Å². The van der Waals surface area contributed by atoms with Crippen LogP contribution in [0.4, 0.5) is 4.39 Å². The average molecular weight is 339 g/mol. The van der Waals surface area contributed by atoms with E-state index in [0.29, 0.717) is 15.8 Å². The van der Waals surface area contributed by atoms with E-state index in [1.54, 1.807) is 12.1 Å². The van der Waals surface area contributed by atoms with Crippen LogP contribution in [-0.4, -0.2) is 11.1 Å². The molecule has 0 aliphatic carbocycles. The standard InChI is InChI=1S/C15H12BrFO3/c16-13-8-12(17)5-6-14(13)20-9-11-4-2-1-3-10(11)7-15(18)19/h1-6,8H,7,9H2,(H,18,19). The van der Waals surface area contributed by atoms with Gasteiger partial charge in [-0.3, -0.25) is 4.79 Å². The Labute approximate surface area is 124 Å². The lowest BCUT2D eigenvalue weighted by molar-refractivity contribution is -0.136. The van der Waals surface area contributed by atoms with E-state index in [-0.39, 0.29) is 18.8 Å². The van der Waals surface area contributed by atoms with Crippen molar-refractivity contribution < 1.29 is 19.0 Å². The third-order valence-electron chi connectivity index (χ3n) is 2.74. The van der Waals surface area contributed by atoms with Gasteiger partial charge in [-0.25, -0.2) is 4.39 Å². The summed E-state index contributed by atoms with van der Waals surface area (Å²) in [6.45, 7) is 0.230. The number of carboxylic acids is 1. The third kappa shape index (κ3) is 3.81. The van der Waals surface area contributed by atoms with Gasteiger partial charge in [-0.05, 0) is 45.3 Å². The second-order valence-electron chi connectivity index (χ2n) is 4.20. The minimum absolute atomic E-state index is 0.0515. The largest absolute Gasteiger partial charge is 0.488 e. The van der Waals surface area contributed by atoms with E-state index in [1.807, 2.05) is 12.1 Å². The highest BCUT2D eigenvalue weighted by molar-refractivity contribution is 9.10. The van der Waals surface area contributed by atoms with Crippen LogP contribution in [0, 0.1) is 5.82 Å². The van der Waals surface area contributed by atoms with Crippen LogP contribution < -0.4 is 4.74 Å². The molecular weight excluding hydrogens is 327 g/mol. The van der Waals surface area contributed by atoms with Crippen molar-refractivity contribution in [1.29, 1.82) is 0 Å². The van der Waals surface area contributed by atoms with Crippen molar-refractivity contribution in [2.45, 2.75) is 13.0 Å². The highest BCUT2D eigenvalue weighted by Gasteiger charge is 2.08. The Kier molecular flexibility index (Phi) is 4.74. The van der Waals surface area contributed by atoms with Crippen LogP contribution in [0.1, 0.15) is 11.1 Å². The summed E-state index contributed by atoms with van der Waals surface area (Å²) >= 11 is 3.22. The van der Waals surface area contributed by atoms with Gasteiger partial charge in [0.05, 0.1) is 10.9 Å². The molecule has 0 amide bonds. The monoisotopic (exact) mass is 338 g/mol. The maximum atomic E-state index is 13.0. The van der Waals surface area contributed by atoms with Gasteiger partial charge in [-0.1, -0.05) is 24.3 Å². The Morgan fingerprint density at radius 3 is 2.55 bits per heavy atom. The first-order valence-corrected chi connectivity index (χ1v) is 6.72. The predicted octanol–water partition coefficient (Wildman–Crippen LogP) is 3.79. The molecular formula is C15H12BrFO3. The summed E-state index contributed by atoms with van der Waals surface area (Å²) in [5, 5.41) is 8.86. The zero-order valence-electron chi connectivity index (χ0n) is 10.5. The minimum Gasteiger partial charge on any atom is -0.488 e. The van der Waals surface area contributed by atoms with Crippen molar-refractivity contribution in [2.75, 3.05) is 0 Å². The summed E-state index contributed by atoms with van der Waals surface area (Å²) in [4.78, 5) is 10.8. The zero-order chi connectivity index (χ0) is 14.5. The lowest BCUT2D eigenvalue weighted by atomic mass is 10.1. The molecule has 0 radical (unpaired) electrons. The van der Waals surface area contributed by atoms with Crippen LogP contribution >= 0.6 is 15.9 Å². The van der Waals surface area contributed by atoms with Gasteiger partial charge in [0.1, 0.15) is 18.2 Å². The first-order valence-electron chi connectivity index (χ1n) is 5.92. The van der Waals surface area contributed by atoms with Crippen LogP contribution in [0.15, 0.2) is 46.9 Å². The number of hydrogen-bond acceptors (Lipinski definition) is 2. The second kappa shape index (κ2) is 6.52. The Bertz CT molecular complexity index is 628. The van der Waals surface area contributed by atoms with Crippen LogP contribution in [0.25, 0.3) is 0 Å². The fourth-order valence-electron chi connectivity index (χ4n) is 1.78. The Morgan fingerprint density at radius 1 is 1.20 bits per heavy atom. The number of rotatable bonds is 5. The molecule has 5 heteroatoms. The molecule has 0 aromatic heterocycles. The smallest absolute Gasteiger partial charge is 0.307 e. The van der Waals surface area contributed by atoms with Gasteiger partial charge >= 0.3 is 5.97 Å². The molecule has 0 bridgehead atoms. The van der Waals surface area contributed by atoms with Gasteiger partial charge in [-0.2, -0.15) is 0 Å². The van der Waals surface area contributed by atoms with Crippen molar-refractivity contribution in [3.8, 4) is 5.75 Å². The summed E-state index contributed by atoms with van der Waals surface area (Å²) in [6.07, 6.45) is -0.0515. The van der Waals surface area contributed by atoms with E-state index in [2.05, 4.69) is 15.9 Å². The number of benzene rings is 2. The summed E-state index contributed by atoms with van der Waals surface area (Å²) in [5.74, 6) is -0.729. The Morgan fingerprint density at radius 2 is 1.90 bits per heavy atom. The van der Waals surface area contributed by atoms with E-state index in [4.69, 9.17) is 9.84 Å². The average Bonchev–Trinajstić information content (AvgIpc) is 2.39. The number of halogens is 2. The highest BCUT2D eigenvalue weighted by Crippen LogP contribution is 2.26. The second-order valence-corrected chi connectivity index (χ2v) is 5.06. The molecule has 0 atom stereocenters. The number of aliphatic carboxylic acids is 1. The van der Waals surface area contributed by atoms with Crippen molar-refractivity contribution in [2.24, 2.45) is 0 Å². The minimum atomic E-state index is -0.889. The van der Waals surface area contributed by atoms with Crippen LogP contribution in [0.2, 0.25) is 0 Å². The molecule has 104 valence electrons. The molecule has 1 N–H and O–H groups in total. The van der Waals surface area contributed by atoms with E-state index in [1.165, 1.54) is 18.2 Å². The quantitative estimate of drug-likeness (QED) is 0.901. The van der Waals surface area contributed by atoms with Gasteiger partial charge in [-0.15, -0.1) is 0 Å². The molecule has 3 nitrogen and oxygen atoms in total. The highest BCUT2D eigenvalue weighted by atomic mass is 79.9. The Hall–Kier alpha value is -1.88. The summed E-state index contributed by atoms with van der Waals surface area (Å²) in [5.41, 5.74) is 1.50. The van der Waals surface area contributed by atoms with Gasteiger partial charge in [0.2, 0.25) is 0 Å². The summed E-state index contributed by atoms with van der Waals surface area (Å²) in [6, 6.07) is 11.3. The fraction of sp³-hybridized carbons (Fsp3) is 0.133. The van der Waals surface area contributed by atoms with Crippen molar-refractivity contribution in [1.82, 2.24) is 0 Å². The number of carbonyl (C=O) groups is 1. The van der Waals surface area contributed by atoms with E-state index in [0.717, 1.165) is 5.56 Å². The molecule has 20 heavy (non-hydrogen) atoms. The maximum absolute atomic E-state index is 13.0. The molecule has 0 heterocycles. The zero-order valence-corrected chi connectivity index (χ0v) is 12.1. The van der Waals surface area contributed by atoms with Gasteiger partial charge in [0.15, 0.2) is 0 Å². The van der Waals surface area contributed by atoms with E-state index >= 15 is 0 Å². The van der Waals surface area contributed by atoms with Gasteiger partial charge in [0.25, 0.3) is 0 Å². The van der Waals surface area contributed by atoms with Gasteiger partial charge in [0, 0.05) is 0 Å². The summed E-state index contributed by atoms with van der Waals surface area (Å²) < 4.78 is 19.1. The lowest BCUT2D eigenvalue weighted by Gasteiger charge is -2.11. The SMILES string of the molecule is O=C(O)Cc1ccccc1COc1ccc(F)cc1Br. The third-order valence-corrected chi connectivity index (χ3v) is 3.36. The first kappa shape index (κ1) is 14.5. The van der Waals surface area contributed by atoms with Gasteiger partial charge < -0.3 is 9.84 Å². The molecule has 0 spiro atoms. The van der Waals surface area contributed by atoms with E-state index in [9.17, 15) is 9.18 Å². The molecule has 0 saturated heterocycles. The topological polar surface area (TPSA) is 46.5 Å². The van der Waals surface area contributed by atoms with Crippen molar-refractivity contribution >= 4 is 21.9 Å². The fourth-order valence-corrected chi connectivity index (χ4v) is 2.25. The summed E-state index contributed by atoms with van der Waals surface area (Å²) in [7, 11) is 0. The normalized spacial score (nSPS) is 10.3. The van der Waals surface area contributed by atoms with Crippen molar-refractivity contribution in [3.63, 3.8) is 0 Å². The van der Waals surface area contributed by atoms with Crippen LogP contribution in [-0.2, 0) is 17.8 Å². The lowest BCUT2D eigenvalue weighted by Crippen LogP contribution is -2.06. The molecule has 0 unspecified atom stereocenters. The Balaban J connectivity index is 2.12. The van der Waals surface area contributed by atoms with Crippen LogP contribution in [0.5, 0.6) is 5.75 Å². The molecule has 0 aliphatic rings. The first-order chi connectivity index (χ1) is 9.56. The van der Waals surface area contributed by atoms with Crippen molar-refractivity contribution in [3.05, 3.63) is 63.9 Å². The molecule has 2 aromatic carbocycles. The molecule has 0 aliphatic heterocycles. The number of hydrogen-bond donors (Lipinski definition) is 1. The molecule has 0 fully saturated rings. The predicted molar refractivity (Wildman–Crippen MR) is 76.2 cm³/mol. The van der Waals surface area contributed by atoms with E-state index < -0.39 is 5.97 Å². The number of carboxylic acid groups (broad SMARTS) is 1. The molecule has 0 saturated carbocycles.